The molecule has 7 heteroatoms. The Labute approximate surface area is 122 Å². The number of pyridine rings is 1. The highest BCUT2D eigenvalue weighted by Gasteiger charge is 2.31. The molecular weight excluding hydrogens is 281 g/mol. The molecular formula is C14H21F3N4. The molecule has 1 fully saturated rings. The lowest BCUT2D eigenvalue weighted by molar-refractivity contribution is -0.137. The van der Waals surface area contributed by atoms with E-state index in [-0.39, 0.29) is 11.6 Å². The van der Waals surface area contributed by atoms with E-state index in [9.17, 15) is 13.2 Å². The second-order valence-corrected chi connectivity index (χ2v) is 5.20. The molecule has 0 bridgehead atoms. The number of anilines is 2. The van der Waals surface area contributed by atoms with Crippen LogP contribution >= 0.6 is 0 Å². The first-order chi connectivity index (χ1) is 9.99. The van der Waals surface area contributed by atoms with Crippen LogP contribution in [0.4, 0.5) is 24.8 Å². The molecule has 2 heterocycles. The Hall–Kier alpha value is -1.50. The number of alkyl halides is 3. The topological polar surface area (TPSA) is 40.2 Å². The molecule has 21 heavy (non-hydrogen) atoms. The zero-order valence-corrected chi connectivity index (χ0v) is 12.1. The number of hydrogen-bond acceptors (Lipinski definition) is 4. The van der Waals surface area contributed by atoms with Crippen molar-refractivity contribution in [2.45, 2.75) is 25.4 Å². The van der Waals surface area contributed by atoms with Gasteiger partial charge in [0.1, 0.15) is 11.6 Å². The summed E-state index contributed by atoms with van der Waals surface area (Å²) < 4.78 is 38.4. The maximum Gasteiger partial charge on any atom is 0.416 e. The summed E-state index contributed by atoms with van der Waals surface area (Å²) in [4.78, 5) is 6.47. The monoisotopic (exact) mass is 302 g/mol. The third kappa shape index (κ3) is 4.77. The van der Waals surface area contributed by atoms with Crippen molar-refractivity contribution < 1.29 is 13.2 Å². The van der Waals surface area contributed by atoms with Crippen LogP contribution in [0.25, 0.3) is 0 Å². The van der Waals surface area contributed by atoms with Crippen LogP contribution in [0, 0.1) is 0 Å². The summed E-state index contributed by atoms with van der Waals surface area (Å²) in [5.74, 6) is 0.475. The van der Waals surface area contributed by atoms with Gasteiger partial charge in [0.25, 0.3) is 0 Å². The van der Waals surface area contributed by atoms with Gasteiger partial charge >= 0.3 is 6.18 Å². The molecule has 1 aliphatic heterocycles. The largest absolute Gasteiger partial charge is 0.416 e. The summed E-state index contributed by atoms with van der Waals surface area (Å²) in [5.41, 5.74) is -0.691. The van der Waals surface area contributed by atoms with Gasteiger partial charge in [-0.25, -0.2) is 4.98 Å². The van der Waals surface area contributed by atoms with E-state index in [0.29, 0.717) is 6.54 Å². The molecule has 1 aliphatic rings. The second-order valence-electron chi connectivity index (χ2n) is 5.20. The minimum Gasteiger partial charge on any atom is -0.373 e. The van der Waals surface area contributed by atoms with Crippen molar-refractivity contribution in [1.29, 1.82) is 0 Å². The van der Waals surface area contributed by atoms with Crippen LogP contribution in [0.1, 0.15) is 24.8 Å². The van der Waals surface area contributed by atoms with Crippen molar-refractivity contribution in [2.24, 2.45) is 0 Å². The van der Waals surface area contributed by atoms with Crippen molar-refractivity contribution in [1.82, 2.24) is 9.88 Å². The van der Waals surface area contributed by atoms with Crippen molar-refractivity contribution >= 4 is 11.6 Å². The normalized spacial score (nSPS) is 16.2. The van der Waals surface area contributed by atoms with Gasteiger partial charge in [0, 0.05) is 13.6 Å². The molecule has 2 N–H and O–H groups in total. The SMILES string of the molecule is CNc1cc(C(F)(F)F)cc(NCCCN2CCCC2)n1. The van der Waals surface area contributed by atoms with Gasteiger partial charge < -0.3 is 15.5 Å². The van der Waals surface area contributed by atoms with E-state index < -0.39 is 11.7 Å². The Morgan fingerprint density at radius 1 is 1.19 bits per heavy atom. The predicted molar refractivity (Wildman–Crippen MR) is 77.6 cm³/mol. The third-order valence-electron chi connectivity index (χ3n) is 3.56. The van der Waals surface area contributed by atoms with E-state index in [0.717, 1.165) is 38.2 Å². The molecule has 2 rings (SSSR count). The number of nitrogens with zero attached hydrogens (tertiary/aromatic N) is 2. The summed E-state index contributed by atoms with van der Waals surface area (Å²) in [6, 6.07) is 2.06. The van der Waals surface area contributed by atoms with Crippen molar-refractivity contribution in [3.05, 3.63) is 17.7 Å². The molecule has 1 saturated heterocycles. The Morgan fingerprint density at radius 2 is 1.86 bits per heavy atom. The first-order valence-corrected chi connectivity index (χ1v) is 7.22. The molecule has 1 aromatic rings. The van der Waals surface area contributed by atoms with E-state index in [4.69, 9.17) is 0 Å². The summed E-state index contributed by atoms with van der Waals surface area (Å²) in [6.07, 6.45) is -0.977. The van der Waals surface area contributed by atoms with E-state index in [1.807, 2.05) is 0 Å². The summed E-state index contributed by atoms with van der Waals surface area (Å²) in [6.45, 7) is 3.86. The van der Waals surface area contributed by atoms with Crippen molar-refractivity contribution in [2.75, 3.05) is 43.9 Å². The van der Waals surface area contributed by atoms with Crippen LogP contribution < -0.4 is 10.6 Å². The van der Waals surface area contributed by atoms with Gasteiger partial charge in [-0.15, -0.1) is 0 Å². The Kier molecular flexibility index (Phi) is 5.27. The second kappa shape index (κ2) is 6.98. The zero-order chi connectivity index (χ0) is 15.3. The maximum absolute atomic E-state index is 12.8. The first-order valence-electron chi connectivity index (χ1n) is 7.22. The van der Waals surface area contributed by atoms with Crippen molar-refractivity contribution in [3.63, 3.8) is 0 Å². The van der Waals surface area contributed by atoms with E-state index in [1.165, 1.54) is 12.8 Å². The van der Waals surface area contributed by atoms with Gasteiger partial charge in [-0.2, -0.15) is 13.2 Å². The molecule has 1 aromatic heterocycles. The smallest absolute Gasteiger partial charge is 0.373 e. The fraction of sp³-hybridized carbons (Fsp3) is 0.643. The summed E-state index contributed by atoms with van der Waals surface area (Å²) in [5, 5.41) is 5.63. The average Bonchev–Trinajstić information content (AvgIpc) is 2.95. The standard InChI is InChI=1S/C14H21F3N4/c1-18-12-9-11(14(15,16)17)10-13(20-12)19-5-4-8-21-6-2-3-7-21/h9-10H,2-8H2,1H3,(H2,18,19,20). The highest BCUT2D eigenvalue weighted by Crippen LogP contribution is 2.31. The van der Waals surface area contributed by atoms with Crippen LogP contribution in [0.15, 0.2) is 12.1 Å². The first kappa shape index (κ1) is 15.9. The van der Waals surface area contributed by atoms with Crippen LogP contribution in [-0.2, 0) is 6.18 Å². The van der Waals surface area contributed by atoms with Gasteiger partial charge in [-0.05, 0) is 51.0 Å². The molecule has 0 unspecified atom stereocenters. The highest BCUT2D eigenvalue weighted by molar-refractivity contribution is 5.49. The van der Waals surface area contributed by atoms with Gasteiger partial charge in [0.15, 0.2) is 0 Å². The molecule has 0 amide bonds. The van der Waals surface area contributed by atoms with Crippen molar-refractivity contribution in [3.8, 4) is 0 Å². The molecule has 0 aromatic carbocycles. The lowest BCUT2D eigenvalue weighted by Crippen LogP contribution is -2.22. The van der Waals surface area contributed by atoms with E-state index in [1.54, 1.807) is 7.05 Å². The molecule has 0 saturated carbocycles. The quantitative estimate of drug-likeness (QED) is 0.793. The predicted octanol–water partition coefficient (Wildman–Crippen LogP) is 3.04. The molecule has 0 atom stereocenters. The van der Waals surface area contributed by atoms with Gasteiger partial charge in [0.05, 0.1) is 5.56 Å². The highest BCUT2D eigenvalue weighted by atomic mass is 19.4. The van der Waals surface area contributed by atoms with E-state index >= 15 is 0 Å². The number of nitrogens with one attached hydrogen (secondary N) is 2. The zero-order valence-electron chi connectivity index (χ0n) is 12.1. The van der Waals surface area contributed by atoms with Crippen LogP contribution in [0.3, 0.4) is 0 Å². The van der Waals surface area contributed by atoms with E-state index in [2.05, 4.69) is 20.5 Å². The van der Waals surface area contributed by atoms with Gasteiger partial charge in [0.2, 0.25) is 0 Å². The van der Waals surface area contributed by atoms with Gasteiger partial charge in [-0.3, -0.25) is 0 Å². The average molecular weight is 302 g/mol. The Morgan fingerprint density at radius 3 is 2.48 bits per heavy atom. The number of rotatable bonds is 6. The number of halogens is 3. The molecule has 118 valence electrons. The minimum atomic E-state index is -4.36. The molecule has 0 aliphatic carbocycles. The minimum absolute atomic E-state index is 0.215. The number of aromatic nitrogens is 1. The third-order valence-corrected chi connectivity index (χ3v) is 3.56. The lowest BCUT2D eigenvalue weighted by atomic mass is 10.2. The Balaban J connectivity index is 1.89. The molecule has 0 spiro atoms. The summed E-state index contributed by atoms with van der Waals surface area (Å²) >= 11 is 0. The number of likely N-dealkylation sites (tertiary alicyclic amines) is 1. The maximum atomic E-state index is 12.8. The van der Waals surface area contributed by atoms with Gasteiger partial charge in [-0.1, -0.05) is 0 Å². The molecule has 0 radical (unpaired) electrons. The number of hydrogen-bond donors (Lipinski definition) is 2. The summed E-state index contributed by atoms with van der Waals surface area (Å²) in [7, 11) is 1.56. The fourth-order valence-corrected chi connectivity index (χ4v) is 2.44. The van der Waals surface area contributed by atoms with Crippen LogP contribution in [-0.4, -0.2) is 43.1 Å². The Bertz CT molecular complexity index is 456. The fourth-order valence-electron chi connectivity index (χ4n) is 2.44. The lowest BCUT2D eigenvalue weighted by Gasteiger charge is -2.15. The van der Waals surface area contributed by atoms with Crippen LogP contribution in [0.5, 0.6) is 0 Å². The molecule has 4 nitrogen and oxygen atoms in total. The van der Waals surface area contributed by atoms with Crippen LogP contribution in [0.2, 0.25) is 0 Å².